The maximum atomic E-state index is 11.7. The Bertz CT molecular complexity index is 902. The van der Waals surface area contributed by atoms with Crippen LogP contribution in [0.4, 0.5) is 5.82 Å². The molecule has 2 aromatic heterocycles. The van der Waals surface area contributed by atoms with E-state index in [-0.39, 0.29) is 0 Å². The molecule has 1 aliphatic heterocycles. The molecule has 1 aromatic carbocycles. The lowest BCUT2D eigenvalue weighted by Gasteiger charge is -2.33. The number of hydrogen-bond acceptors (Lipinski definition) is 4. The molecule has 3 heterocycles. The van der Waals surface area contributed by atoms with Crippen LogP contribution in [0.5, 0.6) is 0 Å². The molecule has 0 aliphatic carbocycles. The molecule has 6 nitrogen and oxygen atoms in total. The third-order valence-corrected chi connectivity index (χ3v) is 4.39. The lowest BCUT2D eigenvalue weighted by molar-refractivity contribution is -0.138. The molecule has 0 saturated carbocycles. The van der Waals surface area contributed by atoms with Crippen LogP contribution in [-0.4, -0.2) is 32.1 Å². The number of para-hydroxylation sites is 1. The molecule has 0 radical (unpaired) electrons. The molecule has 1 aliphatic rings. The fourth-order valence-electron chi connectivity index (χ4n) is 3.18. The number of H-pyrrole nitrogens is 1. The van der Waals surface area contributed by atoms with Crippen molar-refractivity contribution in [1.29, 1.82) is 0 Å². The summed E-state index contributed by atoms with van der Waals surface area (Å²) in [7, 11) is 0. The van der Waals surface area contributed by atoms with Gasteiger partial charge in [0.15, 0.2) is 0 Å². The van der Waals surface area contributed by atoms with Crippen LogP contribution >= 0.6 is 0 Å². The number of carboxylic acid groups (broad SMARTS) is 1. The average molecular weight is 308 g/mol. The monoisotopic (exact) mass is 308 g/mol. The van der Waals surface area contributed by atoms with Crippen LogP contribution in [0.1, 0.15) is 17.0 Å². The number of rotatable bonds is 2. The van der Waals surface area contributed by atoms with Crippen LogP contribution in [-0.2, 0) is 17.8 Å². The first-order valence-corrected chi connectivity index (χ1v) is 7.50. The van der Waals surface area contributed by atoms with Gasteiger partial charge in [-0.25, -0.2) is 14.8 Å². The summed E-state index contributed by atoms with van der Waals surface area (Å²) in [5.41, 5.74) is 3.74. The van der Waals surface area contributed by atoms with E-state index in [4.69, 9.17) is 0 Å². The third-order valence-electron chi connectivity index (χ3n) is 4.39. The minimum atomic E-state index is -0.855. The normalized spacial score (nSPS) is 17.3. The van der Waals surface area contributed by atoms with Crippen molar-refractivity contribution in [3.8, 4) is 0 Å². The van der Waals surface area contributed by atoms with Gasteiger partial charge in [-0.05, 0) is 24.6 Å². The van der Waals surface area contributed by atoms with Crippen LogP contribution in [0.25, 0.3) is 10.9 Å². The van der Waals surface area contributed by atoms with E-state index in [0.717, 1.165) is 27.9 Å². The first kappa shape index (κ1) is 13.8. The number of anilines is 1. The topological polar surface area (TPSA) is 82.1 Å². The lowest BCUT2D eigenvalue weighted by Crippen LogP contribution is -2.46. The van der Waals surface area contributed by atoms with Crippen LogP contribution in [0.15, 0.2) is 36.7 Å². The van der Waals surface area contributed by atoms with E-state index < -0.39 is 12.0 Å². The van der Waals surface area contributed by atoms with Crippen molar-refractivity contribution in [1.82, 2.24) is 15.0 Å². The molecular weight excluding hydrogens is 292 g/mol. The molecule has 23 heavy (non-hydrogen) atoms. The molecule has 0 saturated heterocycles. The number of aliphatic carboxylic acids is 1. The van der Waals surface area contributed by atoms with Crippen molar-refractivity contribution in [2.45, 2.75) is 25.9 Å². The Morgan fingerprint density at radius 2 is 2.22 bits per heavy atom. The van der Waals surface area contributed by atoms with Gasteiger partial charge in [-0.3, -0.25) is 0 Å². The summed E-state index contributed by atoms with van der Waals surface area (Å²) in [5.74, 6) is -0.167. The van der Waals surface area contributed by atoms with Crippen molar-refractivity contribution >= 4 is 22.7 Å². The van der Waals surface area contributed by atoms with Crippen LogP contribution < -0.4 is 4.90 Å². The summed E-state index contributed by atoms with van der Waals surface area (Å²) in [5, 5.41) is 10.7. The smallest absolute Gasteiger partial charge is 0.326 e. The molecule has 4 rings (SSSR count). The maximum Gasteiger partial charge on any atom is 0.326 e. The van der Waals surface area contributed by atoms with E-state index in [0.29, 0.717) is 18.8 Å². The molecule has 2 N–H and O–H groups in total. The number of aryl methyl sites for hydroxylation is 1. The highest BCUT2D eigenvalue weighted by Crippen LogP contribution is 2.29. The molecule has 0 fully saturated rings. The number of imidazole rings is 1. The highest BCUT2D eigenvalue weighted by Gasteiger charge is 2.34. The van der Waals surface area contributed by atoms with Crippen LogP contribution in [0, 0.1) is 6.92 Å². The second-order valence-electron chi connectivity index (χ2n) is 5.83. The predicted octanol–water partition coefficient (Wildman–Crippen LogP) is 2.28. The van der Waals surface area contributed by atoms with Gasteiger partial charge in [0.1, 0.15) is 11.9 Å². The van der Waals surface area contributed by atoms with Crippen molar-refractivity contribution in [3.05, 3.63) is 53.6 Å². The van der Waals surface area contributed by atoms with Gasteiger partial charge in [0.2, 0.25) is 0 Å². The molecule has 116 valence electrons. The standard InChI is InChI=1S/C17H16N4O2/c1-10-6-16(20-12-5-3-2-4-11(10)12)21-8-14-13(18-9-19-14)7-15(21)17(22)23/h2-6,9,15H,7-8H2,1H3,(H,18,19)(H,22,23). The van der Waals surface area contributed by atoms with Gasteiger partial charge < -0.3 is 15.0 Å². The Labute approximate surface area is 132 Å². The van der Waals surface area contributed by atoms with Crippen LogP contribution in [0.3, 0.4) is 0 Å². The second-order valence-corrected chi connectivity index (χ2v) is 5.83. The minimum absolute atomic E-state index is 0.377. The Morgan fingerprint density at radius 1 is 1.39 bits per heavy atom. The molecule has 0 spiro atoms. The third kappa shape index (κ3) is 2.23. The van der Waals surface area contributed by atoms with Crippen molar-refractivity contribution < 1.29 is 9.90 Å². The van der Waals surface area contributed by atoms with Gasteiger partial charge in [0, 0.05) is 11.8 Å². The lowest BCUT2D eigenvalue weighted by atomic mass is 10.0. The molecular formula is C17H16N4O2. The Balaban J connectivity index is 1.83. The Morgan fingerprint density at radius 3 is 3.04 bits per heavy atom. The highest BCUT2D eigenvalue weighted by molar-refractivity contribution is 5.85. The molecule has 1 atom stereocenters. The van der Waals surface area contributed by atoms with Gasteiger partial charge in [-0.1, -0.05) is 18.2 Å². The van der Waals surface area contributed by atoms with E-state index in [9.17, 15) is 9.90 Å². The summed E-state index contributed by atoms with van der Waals surface area (Å²) in [6.07, 6.45) is 1.99. The SMILES string of the molecule is Cc1cc(N2Cc3[nH]cnc3CC2C(=O)O)nc2ccccc12. The first-order valence-electron chi connectivity index (χ1n) is 7.50. The quantitative estimate of drug-likeness (QED) is 0.759. The number of aromatic nitrogens is 3. The van der Waals surface area contributed by atoms with Gasteiger partial charge >= 0.3 is 5.97 Å². The van der Waals surface area contributed by atoms with Gasteiger partial charge in [0.25, 0.3) is 0 Å². The maximum absolute atomic E-state index is 11.7. The van der Waals surface area contributed by atoms with Crippen LogP contribution in [0.2, 0.25) is 0 Å². The molecule has 1 unspecified atom stereocenters. The number of pyridine rings is 1. The van der Waals surface area contributed by atoms with Crippen molar-refractivity contribution in [3.63, 3.8) is 0 Å². The molecule has 0 bridgehead atoms. The van der Waals surface area contributed by atoms with E-state index in [1.165, 1.54) is 0 Å². The van der Waals surface area contributed by atoms with Crippen molar-refractivity contribution in [2.24, 2.45) is 0 Å². The summed E-state index contributed by atoms with van der Waals surface area (Å²) in [4.78, 5) is 25.5. The zero-order valence-electron chi connectivity index (χ0n) is 12.7. The Hall–Kier alpha value is -2.89. The highest BCUT2D eigenvalue weighted by atomic mass is 16.4. The fraction of sp³-hybridized carbons (Fsp3) is 0.235. The number of benzene rings is 1. The van der Waals surface area contributed by atoms with Gasteiger partial charge in [-0.2, -0.15) is 0 Å². The number of nitrogens with one attached hydrogen (secondary N) is 1. The van der Waals surface area contributed by atoms with Gasteiger partial charge in [-0.15, -0.1) is 0 Å². The summed E-state index contributed by atoms with van der Waals surface area (Å²) >= 11 is 0. The summed E-state index contributed by atoms with van der Waals surface area (Å²) in [6, 6.07) is 9.20. The number of fused-ring (bicyclic) bond motifs is 2. The van der Waals surface area contributed by atoms with E-state index in [1.54, 1.807) is 6.33 Å². The van der Waals surface area contributed by atoms with E-state index >= 15 is 0 Å². The molecule has 3 aromatic rings. The predicted molar refractivity (Wildman–Crippen MR) is 86.4 cm³/mol. The zero-order valence-corrected chi connectivity index (χ0v) is 12.7. The van der Waals surface area contributed by atoms with E-state index in [1.807, 2.05) is 42.2 Å². The average Bonchev–Trinajstić information content (AvgIpc) is 3.01. The number of hydrogen-bond donors (Lipinski definition) is 2. The summed E-state index contributed by atoms with van der Waals surface area (Å²) < 4.78 is 0. The zero-order chi connectivity index (χ0) is 16.0. The molecule has 6 heteroatoms. The molecule has 0 amide bonds. The summed E-state index contributed by atoms with van der Waals surface area (Å²) in [6.45, 7) is 2.49. The van der Waals surface area contributed by atoms with E-state index in [2.05, 4.69) is 15.0 Å². The number of carboxylic acids is 1. The number of nitrogens with zero attached hydrogens (tertiary/aromatic N) is 3. The van der Waals surface area contributed by atoms with Gasteiger partial charge in [0.05, 0.1) is 29.8 Å². The fourth-order valence-corrected chi connectivity index (χ4v) is 3.18. The second kappa shape index (κ2) is 5.08. The Kier molecular flexibility index (Phi) is 3.04. The largest absolute Gasteiger partial charge is 0.480 e. The van der Waals surface area contributed by atoms with Crippen molar-refractivity contribution in [2.75, 3.05) is 4.90 Å². The first-order chi connectivity index (χ1) is 11.1. The number of aromatic amines is 1. The number of carbonyl (C=O) groups is 1. The minimum Gasteiger partial charge on any atom is -0.480 e.